The van der Waals surface area contributed by atoms with E-state index >= 15 is 0 Å². The van der Waals surface area contributed by atoms with Crippen LogP contribution < -0.4 is 10.6 Å². The number of hydrogen-bond donors (Lipinski definition) is 2. The third-order valence-electron chi connectivity index (χ3n) is 5.03. The van der Waals surface area contributed by atoms with E-state index in [2.05, 4.69) is 34.4 Å². The fourth-order valence-electron chi connectivity index (χ4n) is 3.75. The Hall–Kier alpha value is -0.850. The Balaban J connectivity index is 1.81. The number of piperidine rings is 2. The summed E-state index contributed by atoms with van der Waals surface area (Å²) in [6.07, 6.45) is 5.08. The van der Waals surface area contributed by atoms with E-state index in [9.17, 15) is 0 Å². The van der Waals surface area contributed by atoms with E-state index in [1.807, 2.05) is 0 Å². The van der Waals surface area contributed by atoms with Crippen molar-refractivity contribution < 1.29 is 4.74 Å². The molecule has 2 atom stereocenters. The van der Waals surface area contributed by atoms with Crippen molar-refractivity contribution in [1.29, 1.82) is 0 Å². The van der Waals surface area contributed by atoms with Crippen molar-refractivity contribution in [3.63, 3.8) is 0 Å². The lowest BCUT2D eigenvalue weighted by Gasteiger charge is -2.34. The van der Waals surface area contributed by atoms with Crippen LogP contribution in [0.25, 0.3) is 0 Å². The van der Waals surface area contributed by atoms with E-state index in [-0.39, 0.29) is 0 Å². The smallest absolute Gasteiger partial charge is 0.191 e. The molecule has 0 radical (unpaired) electrons. The summed E-state index contributed by atoms with van der Waals surface area (Å²) in [5.41, 5.74) is 0. The monoisotopic (exact) mass is 339 g/mol. The van der Waals surface area contributed by atoms with Crippen molar-refractivity contribution in [1.82, 2.24) is 20.4 Å². The van der Waals surface area contributed by atoms with Gasteiger partial charge in [-0.05, 0) is 58.7 Å². The van der Waals surface area contributed by atoms with Gasteiger partial charge in [0.1, 0.15) is 0 Å². The lowest BCUT2D eigenvalue weighted by molar-refractivity contribution is 0.126. The van der Waals surface area contributed by atoms with Crippen molar-refractivity contribution >= 4 is 5.96 Å². The van der Waals surface area contributed by atoms with Gasteiger partial charge >= 0.3 is 0 Å². The maximum absolute atomic E-state index is 5.21. The minimum Gasteiger partial charge on any atom is -0.383 e. The lowest BCUT2D eigenvalue weighted by Crippen LogP contribution is -2.51. The van der Waals surface area contributed by atoms with E-state index in [0.29, 0.717) is 12.0 Å². The summed E-state index contributed by atoms with van der Waals surface area (Å²) in [6, 6.07) is 0.488. The molecule has 0 aliphatic carbocycles. The number of methoxy groups -OCH3 is 1. The molecule has 0 saturated carbocycles. The molecule has 6 heteroatoms. The van der Waals surface area contributed by atoms with Gasteiger partial charge in [-0.25, -0.2) is 0 Å². The largest absolute Gasteiger partial charge is 0.383 e. The van der Waals surface area contributed by atoms with Crippen LogP contribution in [0.3, 0.4) is 0 Å². The van der Waals surface area contributed by atoms with E-state index < -0.39 is 0 Å². The summed E-state index contributed by atoms with van der Waals surface area (Å²) in [4.78, 5) is 9.80. The van der Waals surface area contributed by atoms with Crippen LogP contribution in [0.4, 0.5) is 0 Å². The Bertz CT molecular complexity index is 376. The summed E-state index contributed by atoms with van der Waals surface area (Å²) >= 11 is 0. The molecule has 2 heterocycles. The van der Waals surface area contributed by atoms with Crippen LogP contribution in [0.1, 0.15) is 32.6 Å². The second-order valence-electron chi connectivity index (χ2n) is 7.27. The molecule has 2 saturated heterocycles. The van der Waals surface area contributed by atoms with Crippen molar-refractivity contribution in [2.24, 2.45) is 10.9 Å². The molecule has 0 amide bonds. The van der Waals surface area contributed by atoms with Crippen LogP contribution in [0.2, 0.25) is 0 Å². The van der Waals surface area contributed by atoms with Crippen molar-refractivity contribution in [3.05, 3.63) is 0 Å². The zero-order valence-electron chi connectivity index (χ0n) is 15.9. The van der Waals surface area contributed by atoms with Crippen LogP contribution in [-0.2, 0) is 4.74 Å². The van der Waals surface area contributed by atoms with Gasteiger partial charge in [0.05, 0.1) is 6.61 Å². The maximum Gasteiger partial charge on any atom is 0.191 e. The summed E-state index contributed by atoms with van der Waals surface area (Å²) in [5.74, 6) is 1.69. The van der Waals surface area contributed by atoms with Crippen molar-refractivity contribution in [2.45, 2.75) is 38.6 Å². The highest BCUT2D eigenvalue weighted by Gasteiger charge is 2.21. The lowest BCUT2D eigenvalue weighted by atomic mass is 9.99. The Morgan fingerprint density at radius 2 is 2.04 bits per heavy atom. The van der Waals surface area contributed by atoms with Crippen molar-refractivity contribution in [3.8, 4) is 0 Å². The molecule has 0 aromatic carbocycles. The number of ether oxygens (including phenoxy) is 1. The molecule has 6 nitrogen and oxygen atoms in total. The zero-order valence-corrected chi connectivity index (χ0v) is 15.9. The van der Waals surface area contributed by atoms with Crippen LogP contribution in [-0.4, -0.2) is 88.4 Å². The predicted octanol–water partition coefficient (Wildman–Crippen LogP) is 0.994. The number of rotatable bonds is 7. The minimum atomic E-state index is 0.488. The summed E-state index contributed by atoms with van der Waals surface area (Å²) < 4.78 is 5.21. The SMILES string of the molecule is CCNC(=NC[C@@H]1CCCN(C)C1)N[C@@H]1CCCN(CCOC)C1. The molecule has 2 aliphatic rings. The Morgan fingerprint density at radius 1 is 1.21 bits per heavy atom. The molecule has 0 aromatic heterocycles. The first-order chi connectivity index (χ1) is 11.7. The molecular formula is C18H37N5O. The topological polar surface area (TPSA) is 52.1 Å². The molecule has 2 aliphatic heterocycles. The first kappa shape index (κ1) is 19.5. The van der Waals surface area contributed by atoms with Gasteiger partial charge in [-0.3, -0.25) is 9.89 Å². The summed E-state index contributed by atoms with van der Waals surface area (Å²) in [5, 5.41) is 7.08. The number of nitrogens with zero attached hydrogens (tertiary/aromatic N) is 3. The minimum absolute atomic E-state index is 0.488. The molecule has 0 aromatic rings. The van der Waals surface area contributed by atoms with Crippen LogP contribution >= 0.6 is 0 Å². The second-order valence-corrected chi connectivity index (χ2v) is 7.27. The predicted molar refractivity (Wildman–Crippen MR) is 101 cm³/mol. The van der Waals surface area contributed by atoms with Gasteiger partial charge in [0.15, 0.2) is 5.96 Å². The number of guanidine groups is 1. The van der Waals surface area contributed by atoms with Gasteiger partial charge in [-0.1, -0.05) is 0 Å². The fraction of sp³-hybridized carbons (Fsp3) is 0.944. The molecule has 0 bridgehead atoms. The highest BCUT2D eigenvalue weighted by atomic mass is 16.5. The molecule has 2 rings (SSSR count). The number of aliphatic imine (C=N–C) groups is 1. The van der Waals surface area contributed by atoms with Gasteiger partial charge < -0.3 is 20.3 Å². The number of hydrogen-bond acceptors (Lipinski definition) is 4. The number of nitrogens with one attached hydrogen (secondary N) is 2. The third-order valence-corrected chi connectivity index (χ3v) is 5.03. The molecule has 24 heavy (non-hydrogen) atoms. The quantitative estimate of drug-likeness (QED) is 0.535. The molecule has 0 spiro atoms. The van der Waals surface area contributed by atoms with Gasteiger partial charge in [-0.15, -0.1) is 0 Å². The van der Waals surface area contributed by atoms with Gasteiger partial charge in [0.25, 0.3) is 0 Å². The average molecular weight is 340 g/mol. The zero-order chi connectivity index (χ0) is 17.2. The van der Waals surface area contributed by atoms with E-state index in [1.54, 1.807) is 7.11 Å². The van der Waals surface area contributed by atoms with Crippen LogP contribution in [0, 0.1) is 5.92 Å². The molecule has 140 valence electrons. The molecule has 2 N–H and O–H groups in total. The molecule has 2 fully saturated rings. The van der Waals surface area contributed by atoms with Gasteiger partial charge in [0.2, 0.25) is 0 Å². The molecular weight excluding hydrogens is 302 g/mol. The van der Waals surface area contributed by atoms with Gasteiger partial charge in [-0.2, -0.15) is 0 Å². The highest BCUT2D eigenvalue weighted by Crippen LogP contribution is 2.15. The fourth-order valence-corrected chi connectivity index (χ4v) is 3.75. The van der Waals surface area contributed by atoms with Crippen LogP contribution in [0.15, 0.2) is 4.99 Å². The maximum atomic E-state index is 5.21. The first-order valence-corrected chi connectivity index (χ1v) is 9.66. The molecule has 0 unspecified atom stereocenters. The normalized spacial score (nSPS) is 27.2. The summed E-state index contributed by atoms with van der Waals surface area (Å²) in [7, 11) is 3.99. The summed E-state index contributed by atoms with van der Waals surface area (Å²) in [6.45, 7) is 10.5. The standard InChI is InChI=1S/C18H37N5O/c1-4-19-18(20-13-16-7-5-9-22(2)14-16)21-17-8-6-10-23(15-17)11-12-24-3/h16-17H,4-15H2,1-3H3,(H2,19,20,21)/t16-,17+/m0/s1. The Kier molecular flexibility index (Phi) is 8.84. The van der Waals surface area contributed by atoms with Crippen LogP contribution in [0.5, 0.6) is 0 Å². The first-order valence-electron chi connectivity index (χ1n) is 9.66. The van der Waals surface area contributed by atoms with E-state index in [4.69, 9.17) is 9.73 Å². The highest BCUT2D eigenvalue weighted by molar-refractivity contribution is 5.80. The number of likely N-dealkylation sites (tertiary alicyclic amines) is 2. The third kappa shape index (κ3) is 6.95. The van der Waals surface area contributed by atoms with E-state index in [1.165, 1.54) is 45.3 Å². The Labute approximate surface area is 148 Å². The Morgan fingerprint density at radius 3 is 2.79 bits per heavy atom. The van der Waals surface area contributed by atoms with E-state index in [0.717, 1.165) is 38.7 Å². The van der Waals surface area contributed by atoms with Crippen molar-refractivity contribution in [2.75, 3.05) is 66.6 Å². The second kappa shape index (κ2) is 10.9. The van der Waals surface area contributed by atoms with Gasteiger partial charge in [0, 0.05) is 45.9 Å². The average Bonchev–Trinajstić information content (AvgIpc) is 2.58.